The Morgan fingerprint density at radius 3 is 2.14 bits per heavy atom. The predicted octanol–water partition coefficient (Wildman–Crippen LogP) is 4.86. The van der Waals surface area contributed by atoms with E-state index in [9.17, 15) is 4.79 Å². The van der Waals surface area contributed by atoms with E-state index in [1.54, 1.807) is 0 Å². The number of hydrogen-bond donors (Lipinski definition) is 1. The highest BCUT2D eigenvalue weighted by Crippen LogP contribution is 2.25. The number of pyridine rings is 1. The van der Waals surface area contributed by atoms with Gasteiger partial charge in [0.05, 0.1) is 0 Å². The summed E-state index contributed by atoms with van der Waals surface area (Å²) in [6.07, 6.45) is 1.96. The van der Waals surface area contributed by atoms with Crippen LogP contribution in [-0.4, -0.2) is 15.3 Å². The summed E-state index contributed by atoms with van der Waals surface area (Å²) in [5.41, 5.74) is 7.49. The standard InChI is InChI=1S/C24H23N3O/c1-16-4-9-19(10-5-16)14-25-24(28)23-22(20-11-6-17(2)7-12-20)26-21-13-8-18(3)15-27(21)23/h4-13,15H,14H2,1-3H3,(H,25,28). The predicted molar refractivity (Wildman–Crippen MR) is 112 cm³/mol. The molecule has 0 unspecified atom stereocenters. The summed E-state index contributed by atoms with van der Waals surface area (Å²) >= 11 is 0. The second-order valence-corrected chi connectivity index (χ2v) is 7.28. The van der Waals surface area contributed by atoms with E-state index in [-0.39, 0.29) is 5.91 Å². The van der Waals surface area contributed by atoms with Crippen molar-refractivity contribution in [1.82, 2.24) is 14.7 Å². The molecule has 0 aliphatic carbocycles. The Bertz CT molecular complexity index is 1140. The van der Waals surface area contributed by atoms with E-state index in [0.29, 0.717) is 17.9 Å². The number of aromatic nitrogens is 2. The van der Waals surface area contributed by atoms with E-state index in [1.165, 1.54) is 11.1 Å². The first kappa shape index (κ1) is 18.0. The normalized spacial score (nSPS) is 11.0. The van der Waals surface area contributed by atoms with Gasteiger partial charge in [-0.15, -0.1) is 0 Å². The maximum Gasteiger partial charge on any atom is 0.270 e. The molecule has 0 saturated heterocycles. The Labute approximate surface area is 164 Å². The number of benzene rings is 2. The molecule has 0 fully saturated rings. The lowest BCUT2D eigenvalue weighted by atomic mass is 10.1. The van der Waals surface area contributed by atoms with Crippen LogP contribution in [0.3, 0.4) is 0 Å². The first-order valence-electron chi connectivity index (χ1n) is 9.41. The molecule has 0 radical (unpaired) electrons. The number of rotatable bonds is 4. The van der Waals surface area contributed by atoms with Crippen molar-refractivity contribution >= 4 is 11.6 Å². The van der Waals surface area contributed by atoms with E-state index in [4.69, 9.17) is 4.98 Å². The van der Waals surface area contributed by atoms with Crippen LogP contribution >= 0.6 is 0 Å². The van der Waals surface area contributed by atoms with Crippen LogP contribution in [0.25, 0.3) is 16.9 Å². The lowest BCUT2D eigenvalue weighted by molar-refractivity contribution is 0.0945. The van der Waals surface area contributed by atoms with Crippen LogP contribution < -0.4 is 5.32 Å². The molecular weight excluding hydrogens is 346 g/mol. The maximum atomic E-state index is 13.2. The average Bonchev–Trinajstić information content (AvgIpc) is 3.06. The van der Waals surface area contributed by atoms with Crippen molar-refractivity contribution in [2.75, 3.05) is 0 Å². The molecule has 1 amide bonds. The monoisotopic (exact) mass is 369 g/mol. The van der Waals surface area contributed by atoms with Crippen LogP contribution in [0, 0.1) is 20.8 Å². The summed E-state index contributed by atoms with van der Waals surface area (Å²) in [5.74, 6) is -0.130. The van der Waals surface area contributed by atoms with E-state index >= 15 is 0 Å². The third kappa shape index (κ3) is 3.54. The molecule has 1 N–H and O–H groups in total. The summed E-state index contributed by atoms with van der Waals surface area (Å²) in [6, 6.07) is 20.2. The number of carbonyl (C=O) groups excluding carboxylic acids is 1. The highest BCUT2D eigenvalue weighted by atomic mass is 16.1. The van der Waals surface area contributed by atoms with Gasteiger partial charge in [-0.3, -0.25) is 9.20 Å². The molecule has 2 aromatic heterocycles. The Kier molecular flexibility index (Phi) is 4.70. The van der Waals surface area contributed by atoms with Crippen molar-refractivity contribution in [3.8, 4) is 11.3 Å². The number of imidazole rings is 1. The van der Waals surface area contributed by atoms with Crippen molar-refractivity contribution in [3.63, 3.8) is 0 Å². The molecule has 0 aliphatic rings. The number of amides is 1. The van der Waals surface area contributed by atoms with Crippen molar-refractivity contribution in [2.45, 2.75) is 27.3 Å². The number of nitrogens with zero attached hydrogens (tertiary/aromatic N) is 2. The van der Waals surface area contributed by atoms with Gasteiger partial charge in [0.2, 0.25) is 0 Å². The molecule has 4 aromatic rings. The molecular formula is C24H23N3O. The zero-order valence-corrected chi connectivity index (χ0v) is 16.4. The smallest absolute Gasteiger partial charge is 0.270 e. The first-order valence-corrected chi connectivity index (χ1v) is 9.41. The number of fused-ring (bicyclic) bond motifs is 1. The molecule has 0 spiro atoms. The van der Waals surface area contributed by atoms with Crippen LogP contribution in [0.4, 0.5) is 0 Å². The molecule has 4 nitrogen and oxygen atoms in total. The molecule has 0 saturated carbocycles. The van der Waals surface area contributed by atoms with Crippen molar-refractivity contribution in [3.05, 3.63) is 94.8 Å². The van der Waals surface area contributed by atoms with Crippen LogP contribution in [0.15, 0.2) is 66.9 Å². The quantitative estimate of drug-likeness (QED) is 0.559. The van der Waals surface area contributed by atoms with Gasteiger partial charge < -0.3 is 5.32 Å². The molecule has 0 bridgehead atoms. The van der Waals surface area contributed by atoms with Gasteiger partial charge in [0.1, 0.15) is 17.0 Å². The van der Waals surface area contributed by atoms with Crippen molar-refractivity contribution in [1.29, 1.82) is 0 Å². The summed E-state index contributed by atoms with van der Waals surface area (Å²) < 4.78 is 1.88. The summed E-state index contributed by atoms with van der Waals surface area (Å²) in [5, 5.41) is 3.05. The van der Waals surface area contributed by atoms with Gasteiger partial charge in [-0.05, 0) is 38.0 Å². The van der Waals surface area contributed by atoms with Gasteiger partial charge in [-0.1, -0.05) is 65.7 Å². The highest BCUT2D eigenvalue weighted by Gasteiger charge is 2.20. The fraction of sp³-hybridized carbons (Fsp3) is 0.167. The molecule has 4 rings (SSSR count). The zero-order chi connectivity index (χ0) is 19.7. The lowest BCUT2D eigenvalue weighted by Crippen LogP contribution is -2.24. The van der Waals surface area contributed by atoms with Gasteiger partial charge in [-0.2, -0.15) is 0 Å². The Morgan fingerprint density at radius 1 is 0.857 bits per heavy atom. The molecule has 2 heterocycles. The third-order valence-corrected chi connectivity index (χ3v) is 4.88. The molecule has 0 aliphatic heterocycles. The average molecular weight is 369 g/mol. The highest BCUT2D eigenvalue weighted by molar-refractivity contribution is 5.99. The molecule has 2 aromatic carbocycles. The van der Waals surface area contributed by atoms with Gasteiger partial charge in [0, 0.05) is 18.3 Å². The minimum atomic E-state index is -0.130. The van der Waals surface area contributed by atoms with Gasteiger partial charge in [-0.25, -0.2) is 4.98 Å². The number of hydrogen-bond acceptors (Lipinski definition) is 2. The first-order chi connectivity index (χ1) is 13.5. The third-order valence-electron chi connectivity index (χ3n) is 4.88. The summed E-state index contributed by atoms with van der Waals surface area (Å²) in [4.78, 5) is 17.9. The van der Waals surface area contributed by atoms with Crippen LogP contribution in [0.5, 0.6) is 0 Å². The second kappa shape index (κ2) is 7.31. The van der Waals surface area contributed by atoms with E-state index in [0.717, 1.165) is 22.3 Å². The van der Waals surface area contributed by atoms with E-state index in [2.05, 4.69) is 24.4 Å². The lowest BCUT2D eigenvalue weighted by Gasteiger charge is -2.08. The summed E-state index contributed by atoms with van der Waals surface area (Å²) in [6.45, 7) is 6.59. The van der Waals surface area contributed by atoms with Crippen LogP contribution in [-0.2, 0) is 6.54 Å². The zero-order valence-electron chi connectivity index (χ0n) is 16.4. The van der Waals surface area contributed by atoms with Crippen molar-refractivity contribution in [2.24, 2.45) is 0 Å². The largest absolute Gasteiger partial charge is 0.347 e. The van der Waals surface area contributed by atoms with Crippen LogP contribution in [0.2, 0.25) is 0 Å². The minimum Gasteiger partial charge on any atom is -0.347 e. The van der Waals surface area contributed by atoms with Gasteiger partial charge in [0.25, 0.3) is 5.91 Å². The fourth-order valence-corrected chi connectivity index (χ4v) is 3.25. The SMILES string of the molecule is Cc1ccc(CNC(=O)c2c(-c3ccc(C)cc3)nc3ccc(C)cn23)cc1. The van der Waals surface area contributed by atoms with E-state index in [1.807, 2.05) is 73.0 Å². The molecule has 140 valence electrons. The van der Waals surface area contributed by atoms with Crippen molar-refractivity contribution < 1.29 is 4.79 Å². The number of aryl methyl sites for hydroxylation is 3. The second-order valence-electron chi connectivity index (χ2n) is 7.28. The molecule has 0 atom stereocenters. The number of nitrogens with one attached hydrogen (secondary N) is 1. The maximum absolute atomic E-state index is 13.2. The fourth-order valence-electron chi connectivity index (χ4n) is 3.25. The van der Waals surface area contributed by atoms with Crippen LogP contribution in [0.1, 0.15) is 32.7 Å². The number of carbonyl (C=O) groups is 1. The minimum absolute atomic E-state index is 0.130. The summed E-state index contributed by atoms with van der Waals surface area (Å²) in [7, 11) is 0. The van der Waals surface area contributed by atoms with Gasteiger partial charge in [0.15, 0.2) is 0 Å². The topological polar surface area (TPSA) is 46.4 Å². The Morgan fingerprint density at radius 2 is 1.46 bits per heavy atom. The molecule has 4 heteroatoms. The Balaban J connectivity index is 1.73. The van der Waals surface area contributed by atoms with E-state index < -0.39 is 0 Å². The molecule has 28 heavy (non-hydrogen) atoms. The Hall–Kier alpha value is -3.40. The van der Waals surface area contributed by atoms with Gasteiger partial charge >= 0.3 is 0 Å².